The highest BCUT2D eigenvalue weighted by Crippen LogP contribution is 2.23. The van der Waals surface area contributed by atoms with Crippen molar-refractivity contribution in [2.24, 2.45) is 0 Å². The summed E-state index contributed by atoms with van der Waals surface area (Å²) >= 11 is 1.80. The highest BCUT2D eigenvalue weighted by Gasteiger charge is 2.12. The van der Waals surface area contributed by atoms with Crippen molar-refractivity contribution in [3.05, 3.63) is 33.9 Å². The molecule has 1 N–H and O–H groups in total. The van der Waals surface area contributed by atoms with E-state index in [1.807, 2.05) is 14.0 Å². The van der Waals surface area contributed by atoms with Gasteiger partial charge in [0.15, 0.2) is 0 Å². The molecule has 1 rings (SSSR count). The normalized spacial score (nSPS) is 10.7. The van der Waals surface area contributed by atoms with E-state index in [0.717, 1.165) is 30.1 Å². The molecule has 5 nitrogen and oxygen atoms in total. The molecule has 0 heterocycles. The second kappa shape index (κ2) is 8.01. The maximum atomic E-state index is 10.8. The van der Waals surface area contributed by atoms with Crippen LogP contribution in [0.25, 0.3) is 0 Å². The zero-order valence-electron chi connectivity index (χ0n) is 11.7. The Morgan fingerprint density at radius 3 is 2.79 bits per heavy atom. The number of anilines is 1. The molecule has 0 saturated heterocycles. The third-order valence-electron chi connectivity index (χ3n) is 2.78. The fourth-order valence-electron chi connectivity index (χ4n) is 1.80. The van der Waals surface area contributed by atoms with Crippen LogP contribution in [-0.4, -0.2) is 42.0 Å². The minimum atomic E-state index is -0.346. The molecule has 0 amide bonds. The van der Waals surface area contributed by atoms with Crippen molar-refractivity contribution in [2.75, 3.05) is 37.5 Å². The summed E-state index contributed by atoms with van der Waals surface area (Å²) in [5.74, 6) is 1.06. The van der Waals surface area contributed by atoms with Gasteiger partial charge in [-0.15, -0.1) is 0 Å². The topological polar surface area (TPSA) is 58.4 Å². The molecule has 19 heavy (non-hydrogen) atoms. The predicted molar refractivity (Wildman–Crippen MR) is 82.0 cm³/mol. The van der Waals surface area contributed by atoms with E-state index in [2.05, 4.69) is 16.5 Å². The van der Waals surface area contributed by atoms with Gasteiger partial charge in [-0.3, -0.25) is 10.1 Å². The Balaban J connectivity index is 2.87. The predicted octanol–water partition coefficient (Wildman–Crippen LogP) is 2.82. The third kappa shape index (κ3) is 5.08. The fourth-order valence-corrected chi connectivity index (χ4v) is 2.30. The molecule has 1 aromatic carbocycles. The Labute approximate surface area is 118 Å². The zero-order chi connectivity index (χ0) is 14.3. The summed E-state index contributed by atoms with van der Waals surface area (Å²) in [7, 11) is 2.03. The molecule has 0 spiro atoms. The van der Waals surface area contributed by atoms with Crippen molar-refractivity contribution < 1.29 is 4.92 Å². The van der Waals surface area contributed by atoms with E-state index >= 15 is 0 Å². The first-order valence-electron chi connectivity index (χ1n) is 6.27. The Bertz CT molecular complexity index is 426. The van der Waals surface area contributed by atoms with Crippen molar-refractivity contribution in [2.45, 2.75) is 13.5 Å². The maximum Gasteiger partial charge on any atom is 0.269 e. The van der Waals surface area contributed by atoms with Crippen LogP contribution in [0.3, 0.4) is 0 Å². The Morgan fingerprint density at radius 2 is 2.21 bits per heavy atom. The van der Waals surface area contributed by atoms with Crippen molar-refractivity contribution in [1.82, 2.24) is 4.90 Å². The van der Waals surface area contributed by atoms with Gasteiger partial charge in [0, 0.05) is 43.2 Å². The second-order valence-electron chi connectivity index (χ2n) is 4.36. The van der Waals surface area contributed by atoms with Gasteiger partial charge in [0.2, 0.25) is 0 Å². The van der Waals surface area contributed by atoms with Gasteiger partial charge < -0.3 is 10.2 Å². The van der Waals surface area contributed by atoms with Gasteiger partial charge in [0.1, 0.15) is 0 Å². The summed E-state index contributed by atoms with van der Waals surface area (Å²) in [6.07, 6.45) is 2.07. The number of nitro groups is 1. The van der Waals surface area contributed by atoms with E-state index in [0.29, 0.717) is 6.54 Å². The largest absolute Gasteiger partial charge is 0.385 e. The minimum absolute atomic E-state index is 0.148. The zero-order valence-corrected chi connectivity index (χ0v) is 12.5. The molecule has 0 aromatic heterocycles. The number of rotatable bonds is 8. The summed E-state index contributed by atoms with van der Waals surface area (Å²) in [6.45, 7) is 4.50. The molecule has 0 radical (unpaired) electrons. The van der Waals surface area contributed by atoms with E-state index in [9.17, 15) is 10.1 Å². The van der Waals surface area contributed by atoms with Gasteiger partial charge in [-0.25, -0.2) is 0 Å². The van der Waals surface area contributed by atoms with Gasteiger partial charge in [-0.05, 0) is 31.9 Å². The summed E-state index contributed by atoms with van der Waals surface area (Å²) in [4.78, 5) is 12.7. The van der Waals surface area contributed by atoms with E-state index in [1.165, 1.54) is 0 Å². The maximum absolute atomic E-state index is 10.8. The lowest BCUT2D eigenvalue weighted by Gasteiger charge is -2.18. The average molecular weight is 283 g/mol. The average Bonchev–Trinajstić information content (AvgIpc) is 2.38. The van der Waals surface area contributed by atoms with Crippen LogP contribution in [0.4, 0.5) is 11.4 Å². The summed E-state index contributed by atoms with van der Waals surface area (Å²) < 4.78 is 0. The first-order chi connectivity index (χ1) is 9.08. The molecule has 0 aliphatic rings. The van der Waals surface area contributed by atoms with Crippen LogP contribution < -0.4 is 5.32 Å². The summed E-state index contributed by atoms with van der Waals surface area (Å²) in [5, 5.41) is 14.1. The molecular formula is C13H21N3O2S. The molecule has 0 aliphatic carbocycles. The highest BCUT2D eigenvalue weighted by molar-refractivity contribution is 7.98. The number of nitrogens with zero attached hydrogens (tertiary/aromatic N) is 2. The van der Waals surface area contributed by atoms with Gasteiger partial charge in [0.25, 0.3) is 5.69 Å². The fraction of sp³-hybridized carbons (Fsp3) is 0.538. The summed E-state index contributed by atoms with van der Waals surface area (Å²) in [6, 6.07) is 5.00. The quantitative estimate of drug-likeness (QED) is 0.587. The van der Waals surface area contributed by atoms with Crippen molar-refractivity contribution in [3.63, 3.8) is 0 Å². The van der Waals surface area contributed by atoms with Crippen LogP contribution in [0.2, 0.25) is 0 Å². The molecule has 0 aliphatic heterocycles. The number of hydrogen-bond acceptors (Lipinski definition) is 5. The van der Waals surface area contributed by atoms with Crippen LogP contribution in [0.5, 0.6) is 0 Å². The molecular weight excluding hydrogens is 262 g/mol. The van der Waals surface area contributed by atoms with Crippen LogP contribution >= 0.6 is 11.8 Å². The second-order valence-corrected chi connectivity index (χ2v) is 5.35. The van der Waals surface area contributed by atoms with Crippen LogP contribution in [0.1, 0.15) is 12.5 Å². The molecule has 0 fully saturated rings. The number of non-ortho nitro benzene ring substituents is 1. The SMILES string of the molecule is CCNc1ccc([N+](=O)[O-])cc1CN(C)CCSC. The number of thioether (sulfide) groups is 1. The lowest BCUT2D eigenvalue weighted by molar-refractivity contribution is -0.384. The number of nitrogens with one attached hydrogen (secondary N) is 1. The third-order valence-corrected chi connectivity index (χ3v) is 3.38. The summed E-state index contributed by atoms with van der Waals surface area (Å²) in [5.41, 5.74) is 2.10. The van der Waals surface area contributed by atoms with Gasteiger partial charge in [-0.1, -0.05) is 0 Å². The van der Waals surface area contributed by atoms with Gasteiger partial charge >= 0.3 is 0 Å². The molecule has 6 heteroatoms. The monoisotopic (exact) mass is 283 g/mol. The minimum Gasteiger partial charge on any atom is -0.385 e. The first-order valence-corrected chi connectivity index (χ1v) is 7.66. The molecule has 0 unspecified atom stereocenters. The van der Waals surface area contributed by atoms with Crippen LogP contribution in [0.15, 0.2) is 18.2 Å². The molecule has 0 saturated carbocycles. The van der Waals surface area contributed by atoms with E-state index in [4.69, 9.17) is 0 Å². The molecule has 0 bridgehead atoms. The smallest absolute Gasteiger partial charge is 0.269 e. The lowest BCUT2D eigenvalue weighted by atomic mass is 10.1. The number of nitro benzene ring substituents is 1. The van der Waals surface area contributed by atoms with Crippen molar-refractivity contribution in [1.29, 1.82) is 0 Å². The van der Waals surface area contributed by atoms with Crippen LogP contribution in [0, 0.1) is 10.1 Å². The van der Waals surface area contributed by atoms with E-state index < -0.39 is 0 Å². The lowest BCUT2D eigenvalue weighted by Crippen LogP contribution is -2.21. The Morgan fingerprint density at radius 1 is 1.47 bits per heavy atom. The standard InChI is InChI=1S/C13H21N3O2S/c1-4-14-13-6-5-12(16(17)18)9-11(13)10-15(2)7-8-19-3/h5-6,9,14H,4,7-8,10H2,1-3H3. The van der Waals surface area contributed by atoms with Crippen LogP contribution in [-0.2, 0) is 6.54 Å². The molecule has 106 valence electrons. The van der Waals surface area contributed by atoms with Crippen molar-refractivity contribution in [3.8, 4) is 0 Å². The molecule has 1 aromatic rings. The Hall–Kier alpha value is -1.27. The van der Waals surface area contributed by atoms with E-state index in [1.54, 1.807) is 30.0 Å². The Kier molecular flexibility index (Phi) is 6.66. The number of hydrogen-bond donors (Lipinski definition) is 1. The van der Waals surface area contributed by atoms with E-state index in [-0.39, 0.29) is 10.6 Å². The van der Waals surface area contributed by atoms with Gasteiger partial charge in [0.05, 0.1) is 4.92 Å². The van der Waals surface area contributed by atoms with Crippen molar-refractivity contribution >= 4 is 23.1 Å². The first kappa shape index (κ1) is 15.8. The van der Waals surface area contributed by atoms with Gasteiger partial charge in [-0.2, -0.15) is 11.8 Å². The molecule has 0 atom stereocenters. The number of benzene rings is 1. The highest BCUT2D eigenvalue weighted by atomic mass is 32.2.